The molecule has 0 spiro atoms. The first-order valence-corrected chi connectivity index (χ1v) is 16.2. The number of aromatic nitrogens is 2. The maximum atomic E-state index is 13.6. The number of nitrogens with zero attached hydrogens (tertiary/aromatic N) is 2. The van der Waals surface area contributed by atoms with Gasteiger partial charge in [0.1, 0.15) is 11.5 Å². The molecule has 1 unspecified atom stereocenters. The number of hydrogen-bond donors (Lipinski definition) is 0. The summed E-state index contributed by atoms with van der Waals surface area (Å²) in [6.07, 6.45) is 6.79. The smallest absolute Gasteiger partial charge is 0.425 e. The van der Waals surface area contributed by atoms with Crippen molar-refractivity contribution in [1.82, 2.24) is 9.97 Å². The van der Waals surface area contributed by atoms with Gasteiger partial charge in [-0.25, -0.2) is 14.8 Å². The number of alkyl halides is 3. The second-order valence-corrected chi connectivity index (χ2v) is 11.4. The SMILES string of the molecule is CCCCCCCCOc1ccc(-c2cnc(-c3ccc(C(=O)OC(CC(=O)CCCCCCC)C(F)(F)F)cc3)nc2)cc1. The maximum absolute atomic E-state index is 13.6. The average molecular weight is 627 g/mol. The molecule has 0 amide bonds. The molecule has 244 valence electrons. The Balaban J connectivity index is 1.52. The van der Waals surface area contributed by atoms with Crippen molar-refractivity contribution in [2.24, 2.45) is 0 Å². The lowest BCUT2D eigenvalue weighted by molar-refractivity contribution is -0.206. The Labute approximate surface area is 264 Å². The molecule has 0 fully saturated rings. The summed E-state index contributed by atoms with van der Waals surface area (Å²) in [5.41, 5.74) is 2.27. The van der Waals surface area contributed by atoms with Crippen LogP contribution in [0.15, 0.2) is 60.9 Å². The first kappa shape index (κ1) is 35.7. The van der Waals surface area contributed by atoms with Crippen molar-refractivity contribution in [3.05, 3.63) is 66.5 Å². The first-order chi connectivity index (χ1) is 21.7. The summed E-state index contributed by atoms with van der Waals surface area (Å²) in [4.78, 5) is 33.5. The fourth-order valence-electron chi connectivity index (χ4n) is 4.85. The summed E-state index contributed by atoms with van der Waals surface area (Å²) in [7, 11) is 0. The second-order valence-electron chi connectivity index (χ2n) is 11.4. The number of carbonyl (C=O) groups is 2. The molecule has 6 nitrogen and oxygen atoms in total. The molecule has 0 radical (unpaired) electrons. The maximum Gasteiger partial charge on any atom is 0.425 e. The predicted molar refractivity (Wildman–Crippen MR) is 170 cm³/mol. The lowest BCUT2D eigenvalue weighted by atomic mass is 10.0. The number of carbonyl (C=O) groups excluding carboxylic acids is 2. The van der Waals surface area contributed by atoms with Crippen molar-refractivity contribution in [3.63, 3.8) is 0 Å². The van der Waals surface area contributed by atoms with Gasteiger partial charge in [-0.1, -0.05) is 95.9 Å². The molecule has 3 rings (SSSR count). The van der Waals surface area contributed by atoms with E-state index in [0.29, 0.717) is 24.4 Å². The molecule has 0 saturated carbocycles. The molecule has 0 N–H and O–H groups in total. The summed E-state index contributed by atoms with van der Waals surface area (Å²) in [5.74, 6) is -0.495. The number of hydrogen-bond acceptors (Lipinski definition) is 6. The second kappa shape index (κ2) is 18.9. The molecule has 1 atom stereocenters. The molecule has 0 bridgehead atoms. The minimum absolute atomic E-state index is 0.0420. The molecule has 9 heteroatoms. The van der Waals surface area contributed by atoms with Crippen molar-refractivity contribution in [1.29, 1.82) is 0 Å². The fraction of sp³-hybridized carbons (Fsp3) is 0.500. The van der Waals surface area contributed by atoms with Crippen LogP contribution >= 0.6 is 0 Å². The summed E-state index contributed by atoms with van der Waals surface area (Å²) < 4.78 is 51.3. The summed E-state index contributed by atoms with van der Waals surface area (Å²) in [6.45, 7) is 4.96. The number of benzene rings is 2. The van der Waals surface area contributed by atoms with Crippen LogP contribution in [-0.2, 0) is 9.53 Å². The number of ether oxygens (including phenoxy) is 2. The molecular weight excluding hydrogens is 581 g/mol. The van der Waals surface area contributed by atoms with Crippen molar-refractivity contribution in [2.75, 3.05) is 6.61 Å². The Morgan fingerprint density at radius 1 is 0.711 bits per heavy atom. The highest BCUT2D eigenvalue weighted by Gasteiger charge is 2.44. The fourth-order valence-corrected chi connectivity index (χ4v) is 4.85. The van der Waals surface area contributed by atoms with E-state index in [2.05, 4.69) is 23.8 Å². The number of Topliss-reactive ketones (excluding diaryl/α,β-unsaturated/α-hetero) is 1. The summed E-state index contributed by atoms with van der Waals surface area (Å²) in [5, 5.41) is 0. The molecular formula is C36H45F3N2O4. The Morgan fingerprint density at radius 2 is 1.27 bits per heavy atom. The van der Waals surface area contributed by atoms with Crippen LogP contribution in [0.25, 0.3) is 22.5 Å². The van der Waals surface area contributed by atoms with E-state index in [9.17, 15) is 22.8 Å². The van der Waals surface area contributed by atoms with E-state index in [4.69, 9.17) is 9.47 Å². The van der Waals surface area contributed by atoms with Gasteiger partial charge >= 0.3 is 12.1 Å². The van der Waals surface area contributed by atoms with Gasteiger partial charge in [0.25, 0.3) is 0 Å². The van der Waals surface area contributed by atoms with Crippen LogP contribution in [0.5, 0.6) is 5.75 Å². The molecule has 0 saturated heterocycles. The highest BCUT2D eigenvalue weighted by molar-refractivity contribution is 5.90. The zero-order valence-electron chi connectivity index (χ0n) is 26.4. The van der Waals surface area contributed by atoms with E-state index >= 15 is 0 Å². The lowest BCUT2D eigenvalue weighted by Gasteiger charge is -2.20. The number of halogens is 3. The number of rotatable bonds is 20. The van der Waals surface area contributed by atoms with Crippen molar-refractivity contribution in [2.45, 2.75) is 110 Å². The molecule has 2 aromatic carbocycles. The van der Waals surface area contributed by atoms with Gasteiger partial charge in [-0.3, -0.25) is 4.79 Å². The summed E-state index contributed by atoms with van der Waals surface area (Å²) in [6, 6.07) is 13.6. The predicted octanol–water partition coefficient (Wildman–Crippen LogP) is 9.96. The molecule has 0 aliphatic heterocycles. The van der Waals surface area contributed by atoms with Gasteiger partial charge in [0.05, 0.1) is 18.6 Å². The highest BCUT2D eigenvalue weighted by atomic mass is 19.4. The molecule has 3 aromatic rings. The Bertz CT molecular complexity index is 1290. The summed E-state index contributed by atoms with van der Waals surface area (Å²) >= 11 is 0. The standard InChI is InChI=1S/C36H45F3N2O4/c1-3-5-7-9-11-13-23-44-32-21-19-27(20-22-32)30-25-40-34(41-26-30)28-15-17-29(18-16-28)35(43)45-33(36(37,38)39)24-31(42)14-12-10-8-6-4-2/h15-22,25-26,33H,3-14,23-24H2,1-2H3. The van der Waals surface area contributed by atoms with Crippen molar-refractivity contribution < 1.29 is 32.2 Å². The minimum atomic E-state index is -4.84. The quantitative estimate of drug-likeness (QED) is 0.0918. The average Bonchev–Trinajstić information content (AvgIpc) is 3.04. The van der Waals surface area contributed by atoms with Crippen LogP contribution in [0.3, 0.4) is 0 Å². The van der Waals surface area contributed by atoms with Crippen molar-refractivity contribution in [3.8, 4) is 28.3 Å². The zero-order chi connectivity index (χ0) is 32.5. The minimum Gasteiger partial charge on any atom is -0.494 e. The van der Waals surface area contributed by atoms with Crippen LogP contribution in [0, 0.1) is 0 Å². The van der Waals surface area contributed by atoms with E-state index in [-0.39, 0.29) is 12.0 Å². The van der Waals surface area contributed by atoms with Crippen LogP contribution < -0.4 is 4.74 Å². The highest BCUT2D eigenvalue weighted by Crippen LogP contribution is 2.28. The van der Waals surface area contributed by atoms with Crippen LogP contribution in [0.2, 0.25) is 0 Å². The van der Waals surface area contributed by atoms with E-state index in [0.717, 1.165) is 49.0 Å². The largest absolute Gasteiger partial charge is 0.494 e. The van der Waals surface area contributed by atoms with Crippen molar-refractivity contribution >= 4 is 11.8 Å². The van der Waals surface area contributed by atoms with Gasteiger partial charge in [0, 0.05) is 29.9 Å². The normalized spacial score (nSPS) is 12.1. The number of ketones is 1. The van der Waals surface area contributed by atoms with E-state index in [1.807, 2.05) is 24.3 Å². The molecule has 1 aromatic heterocycles. The third kappa shape index (κ3) is 12.6. The van der Waals surface area contributed by atoms with E-state index in [1.165, 1.54) is 44.2 Å². The van der Waals surface area contributed by atoms with Gasteiger partial charge < -0.3 is 9.47 Å². The lowest BCUT2D eigenvalue weighted by Crippen LogP contribution is -2.35. The Kier molecular flexibility index (Phi) is 15.0. The van der Waals surface area contributed by atoms with Crippen LogP contribution in [0.4, 0.5) is 13.2 Å². The van der Waals surface area contributed by atoms with Crippen LogP contribution in [-0.4, -0.2) is 40.6 Å². The number of esters is 1. The number of unbranched alkanes of at least 4 members (excludes halogenated alkanes) is 9. The van der Waals surface area contributed by atoms with E-state index < -0.39 is 30.5 Å². The Morgan fingerprint density at radius 3 is 1.87 bits per heavy atom. The van der Waals surface area contributed by atoms with Gasteiger partial charge in [0.2, 0.25) is 6.10 Å². The molecule has 1 heterocycles. The van der Waals surface area contributed by atoms with E-state index in [1.54, 1.807) is 24.5 Å². The first-order valence-electron chi connectivity index (χ1n) is 16.2. The monoisotopic (exact) mass is 626 g/mol. The van der Waals surface area contributed by atoms with Gasteiger partial charge in [-0.05, 0) is 42.7 Å². The molecule has 0 aliphatic carbocycles. The van der Waals surface area contributed by atoms with Gasteiger partial charge in [0.15, 0.2) is 5.82 Å². The zero-order valence-corrected chi connectivity index (χ0v) is 26.4. The van der Waals surface area contributed by atoms with Crippen LogP contribution in [0.1, 0.15) is 108 Å². The molecule has 45 heavy (non-hydrogen) atoms. The van der Waals surface area contributed by atoms with Gasteiger partial charge in [-0.15, -0.1) is 0 Å². The molecule has 0 aliphatic rings. The Hall–Kier alpha value is -3.75. The third-order valence-electron chi connectivity index (χ3n) is 7.57. The topological polar surface area (TPSA) is 78.4 Å². The van der Waals surface area contributed by atoms with Gasteiger partial charge in [-0.2, -0.15) is 13.2 Å². The third-order valence-corrected chi connectivity index (χ3v) is 7.57.